The van der Waals surface area contributed by atoms with Crippen molar-refractivity contribution in [2.45, 2.75) is 25.8 Å². The molecule has 6 heteroatoms. The molecule has 3 N–H and O–H groups in total. The molecule has 1 rings (SSSR count). The van der Waals surface area contributed by atoms with Crippen LogP contribution in [0.3, 0.4) is 0 Å². The Hall–Kier alpha value is -2.21. The Morgan fingerprint density at radius 1 is 1.45 bits per heavy atom. The Kier molecular flexibility index (Phi) is 6.39. The summed E-state index contributed by atoms with van der Waals surface area (Å²) in [6.07, 6.45) is 4.81. The van der Waals surface area contributed by atoms with Crippen LogP contribution in [0.2, 0.25) is 0 Å². The molecular formula is C14H19N3O3. The quantitative estimate of drug-likeness (QED) is 0.451. The highest BCUT2D eigenvalue weighted by Crippen LogP contribution is 2.12. The molecule has 0 aromatic heterocycles. The molecular weight excluding hydrogens is 258 g/mol. The number of carbonyl (C=O) groups excluding carboxylic acids is 1. The lowest BCUT2D eigenvalue weighted by Crippen LogP contribution is -2.39. The molecule has 0 spiro atoms. The number of nitro groups is 1. The molecule has 0 saturated heterocycles. The van der Waals surface area contributed by atoms with E-state index in [2.05, 4.69) is 5.32 Å². The van der Waals surface area contributed by atoms with Crippen LogP contribution >= 0.6 is 0 Å². The molecule has 1 atom stereocenters. The van der Waals surface area contributed by atoms with E-state index in [1.54, 1.807) is 18.2 Å². The van der Waals surface area contributed by atoms with Gasteiger partial charge in [0.1, 0.15) is 0 Å². The number of benzene rings is 1. The minimum atomic E-state index is -0.462. The van der Waals surface area contributed by atoms with E-state index in [0.717, 1.165) is 18.4 Å². The van der Waals surface area contributed by atoms with E-state index in [4.69, 9.17) is 5.73 Å². The van der Waals surface area contributed by atoms with Gasteiger partial charge in [0.15, 0.2) is 0 Å². The number of carbonyl (C=O) groups is 1. The molecule has 0 saturated carbocycles. The number of nitrogens with two attached hydrogens (primary N) is 1. The van der Waals surface area contributed by atoms with Crippen LogP contribution in [0.15, 0.2) is 30.3 Å². The highest BCUT2D eigenvalue weighted by molar-refractivity contribution is 5.91. The standard InChI is InChI=1S/C14H19N3O3/c1-2-3-12(10-15)16-14(18)9-6-11-4-7-13(8-5-11)17(19)20/h4-9,12H,2-3,10,15H2,1H3,(H,16,18). The van der Waals surface area contributed by atoms with Gasteiger partial charge in [-0.3, -0.25) is 14.9 Å². The second-order valence-electron chi connectivity index (χ2n) is 4.41. The molecule has 0 aliphatic carbocycles. The summed E-state index contributed by atoms with van der Waals surface area (Å²) in [4.78, 5) is 21.7. The number of hydrogen-bond acceptors (Lipinski definition) is 4. The lowest BCUT2D eigenvalue weighted by molar-refractivity contribution is -0.384. The lowest BCUT2D eigenvalue weighted by Gasteiger charge is -2.14. The van der Waals surface area contributed by atoms with Crippen molar-refractivity contribution in [3.05, 3.63) is 46.0 Å². The van der Waals surface area contributed by atoms with Crippen LogP contribution in [-0.2, 0) is 4.79 Å². The second kappa shape index (κ2) is 8.06. The van der Waals surface area contributed by atoms with Crippen molar-refractivity contribution >= 4 is 17.7 Å². The maximum atomic E-state index is 11.7. The fourth-order valence-electron chi connectivity index (χ4n) is 1.73. The molecule has 0 bridgehead atoms. The van der Waals surface area contributed by atoms with Gasteiger partial charge in [-0.05, 0) is 30.2 Å². The highest BCUT2D eigenvalue weighted by Gasteiger charge is 2.07. The van der Waals surface area contributed by atoms with Gasteiger partial charge in [0.25, 0.3) is 5.69 Å². The summed E-state index contributed by atoms with van der Waals surface area (Å²) in [7, 11) is 0. The number of hydrogen-bond donors (Lipinski definition) is 2. The fraction of sp³-hybridized carbons (Fsp3) is 0.357. The predicted octanol–water partition coefficient (Wildman–Crippen LogP) is 1.85. The highest BCUT2D eigenvalue weighted by atomic mass is 16.6. The van der Waals surface area contributed by atoms with Crippen molar-refractivity contribution < 1.29 is 9.72 Å². The Labute approximate surface area is 117 Å². The molecule has 1 aromatic carbocycles. The van der Waals surface area contributed by atoms with Gasteiger partial charge in [-0.1, -0.05) is 13.3 Å². The van der Waals surface area contributed by atoms with Crippen molar-refractivity contribution in [3.63, 3.8) is 0 Å². The van der Waals surface area contributed by atoms with Crippen molar-refractivity contribution in [2.24, 2.45) is 5.73 Å². The summed E-state index contributed by atoms with van der Waals surface area (Å²) in [5, 5.41) is 13.3. The maximum Gasteiger partial charge on any atom is 0.269 e. The van der Waals surface area contributed by atoms with E-state index in [-0.39, 0.29) is 17.6 Å². The maximum absolute atomic E-state index is 11.7. The van der Waals surface area contributed by atoms with Gasteiger partial charge in [-0.25, -0.2) is 0 Å². The third-order valence-corrected chi connectivity index (χ3v) is 2.80. The summed E-state index contributed by atoms with van der Waals surface area (Å²) in [6, 6.07) is 5.96. The molecule has 1 amide bonds. The first-order chi connectivity index (χ1) is 9.56. The minimum absolute atomic E-state index is 0.0194. The van der Waals surface area contributed by atoms with Gasteiger partial charge in [0, 0.05) is 30.8 Å². The average molecular weight is 277 g/mol. The molecule has 0 heterocycles. The van der Waals surface area contributed by atoms with E-state index in [0.29, 0.717) is 6.54 Å². The lowest BCUT2D eigenvalue weighted by atomic mass is 10.1. The molecule has 0 fully saturated rings. The smallest absolute Gasteiger partial charge is 0.269 e. The normalized spacial score (nSPS) is 12.3. The SMILES string of the molecule is CCCC(CN)NC(=O)C=Cc1ccc([N+](=O)[O-])cc1. The van der Waals surface area contributed by atoms with E-state index in [1.165, 1.54) is 18.2 Å². The average Bonchev–Trinajstić information content (AvgIpc) is 2.45. The predicted molar refractivity (Wildman–Crippen MR) is 78.0 cm³/mol. The number of rotatable bonds is 7. The molecule has 20 heavy (non-hydrogen) atoms. The van der Waals surface area contributed by atoms with Gasteiger partial charge in [0.2, 0.25) is 5.91 Å². The summed E-state index contributed by atoms with van der Waals surface area (Å²) in [6.45, 7) is 2.44. The van der Waals surface area contributed by atoms with Crippen LogP contribution in [0.1, 0.15) is 25.3 Å². The van der Waals surface area contributed by atoms with Crippen LogP contribution in [0.5, 0.6) is 0 Å². The molecule has 0 aliphatic rings. The Morgan fingerprint density at radius 3 is 2.60 bits per heavy atom. The molecule has 6 nitrogen and oxygen atoms in total. The first kappa shape index (κ1) is 15.8. The summed E-state index contributed by atoms with van der Waals surface area (Å²) in [5.41, 5.74) is 6.31. The third-order valence-electron chi connectivity index (χ3n) is 2.80. The molecule has 0 radical (unpaired) electrons. The van der Waals surface area contributed by atoms with E-state index < -0.39 is 4.92 Å². The van der Waals surface area contributed by atoms with Crippen LogP contribution in [0.25, 0.3) is 6.08 Å². The van der Waals surface area contributed by atoms with Gasteiger partial charge in [0.05, 0.1) is 4.92 Å². The van der Waals surface area contributed by atoms with Crippen molar-refractivity contribution in [2.75, 3.05) is 6.54 Å². The third kappa shape index (κ3) is 5.19. The zero-order valence-electron chi connectivity index (χ0n) is 11.4. The zero-order chi connectivity index (χ0) is 15.0. The van der Waals surface area contributed by atoms with Crippen molar-refractivity contribution in [1.29, 1.82) is 0 Å². The van der Waals surface area contributed by atoms with Gasteiger partial charge in [-0.15, -0.1) is 0 Å². The van der Waals surface area contributed by atoms with Gasteiger partial charge < -0.3 is 11.1 Å². The Bertz CT molecular complexity index is 483. The molecule has 108 valence electrons. The summed E-state index contributed by atoms with van der Waals surface area (Å²) < 4.78 is 0. The Morgan fingerprint density at radius 2 is 2.10 bits per heavy atom. The number of nitrogens with zero attached hydrogens (tertiary/aromatic N) is 1. The minimum Gasteiger partial charge on any atom is -0.349 e. The molecule has 0 aliphatic heterocycles. The van der Waals surface area contributed by atoms with E-state index >= 15 is 0 Å². The first-order valence-corrected chi connectivity index (χ1v) is 6.50. The summed E-state index contributed by atoms with van der Waals surface area (Å²) >= 11 is 0. The van der Waals surface area contributed by atoms with Crippen molar-refractivity contribution in [3.8, 4) is 0 Å². The van der Waals surface area contributed by atoms with Crippen molar-refractivity contribution in [1.82, 2.24) is 5.32 Å². The number of nitrogens with one attached hydrogen (secondary N) is 1. The number of non-ortho nitro benzene ring substituents is 1. The van der Waals surface area contributed by atoms with E-state index in [1.807, 2.05) is 6.92 Å². The second-order valence-corrected chi connectivity index (χ2v) is 4.41. The van der Waals surface area contributed by atoms with E-state index in [9.17, 15) is 14.9 Å². The topological polar surface area (TPSA) is 98.3 Å². The summed E-state index contributed by atoms with van der Waals surface area (Å²) in [5.74, 6) is -0.216. The largest absolute Gasteiger partial charge is 0.349 e. The van der Waals surface area contributed by atoms with Gasteiger partial charge >= 0.3 is 0 Å². The number of nitro benzene ring substituents is 1. The first-order valence-electron chi connectivity index (χ1n) is 6.50. The zero-order valence-corrected chi connectivity index (χ0v) is 11.4. The van der Waals surface area contributed by atoms with Crippen LogP contribution in [-0.4, -0.2) is 23.4 Å². The van der Waals surface area contributed by atoms with Crippen LogP contribution in [0, 0.1) is 10.1 Å². The van der Waals surface area contributed by atoms with Crippen LogP contribution in [0.4, 0.5) is 5.69 Å². The molecule has 1 aromatic rings. The Balaban J connectivity index is 2.58. The van der Waals surface area contributed by atoms with Crippen LogP contribution < -0.4 is 11.1 Å². The number of amides is 1. The monoisotopic (exact) mass is 277 g/mol. The molecule has 1 unspecified atom stereocenters. The fourth-order valence-corrected chi connectivity index (χ4v) is 1.73. The van der Waals surface area contributed by atoms with Gasteiger partial charge in [-0.2, -0.15) is 0 Å².